The highest BCUT2D eigenvalue weighted by Crippen LogP contribution is 2.32. The van der Waals surface area contributed by atoms with E-state index in [1.165, 1.54) is 0 Å². The average Bonchev–Trinajstić information content (AvgIpc) is 3.81. The number of imidazole rings is 2. The van der Waals surface area contributed by atoms with Crippen LogP contribution < -0.4 is 5.32 Å². The van der Waals surface area contributed by atoms with Gasteiger partial charge in [0.05, 0.1) is 32.2 Å². The number of fused-ring (bicyclic) bond motifs is 2. The number of likely N-dealkylation sites (tertiary alicyclic amines) is 1. The molecule has 0 spiro atoms. The monoisotopic (exact) mass is 760 g/mol. The molecular weight excluding hydrogens is 719 g/mol. The molecular formula is C43H42Cl2N6O3. The van der Waals surface area contributed by atoms with Crippen LogP contribution in [0, 0.1) is 5.92 Å². The summed E-state index contributed by atoms with van der Waals surface area (Å²) in [4.78, 5) is 55.9. The standard InChI is InChI=1S/C43H42Cl2N6O3/c1-3-21-51-37-16-9-8-14-35(37)48-42(51)40(53)32-13-10-15-36-38(32)49-41(47-36)39(52)27-19-22-50(23-20-27)31(4-2)24-30(29-17-18-33(44)34(45)25-29)26-46-43(54)28-11-6-5-7-12-28/h3,5-18,25,27,30-31H,1,4,19-24,26H2,2H3,(H,46,54)(H,47,49). The summed E-state index contributed by atoms with van der Waals surface area (Å²) in [7, 11) is 0. The molecule has 0 aliphatic carbocycles. The number of nitrogens with zero attached hydrogens (tertiary/aromatic N) is 4. The number of hydrogen-bond donors (Lipinski definition) is 2. The van der Waals surface area contributed by atoms with Crippen molar-refractivity contribution in [1.29, 1.82) is 0 Å². The average molecular weight is 762 g/mol. The van der Waals surface area contributed by atoms with Gasteiger partial charge in [0.2, 0.25) is 11.6 Å². The second-order valence-corrected chi connectivity index (χ2v) is 14.7. The highest BCUT2D eigenvalue weighted by atomic mass is 35.5. The van der Waals surface area contributed by atoms with E-state index in [4.69, 9.17) is 28.2 Å². The first kappa shape index (κ1) is 37.2. The number of halogens is 2. The molecule has 2 aromatic heterocycles. The summed E-state index contributed by atoms with van der Waals surface area (Å²) in [5.74, 6) is -0.0665. The topological polar surface area (TPSA) is 113 Å². The molecule has 2 N–H and O–H groups in total. The Morgan fingerprint density at radius 2 is 1.70 bits per heavy atom. The maximum Gasteiger partial charge on any atom is 0.251 e. The van der Waals surface area contributed by atoms with Crippen LogP contribution in [0.5, 0.6) is 0 Å². The van der Waals surface area contributed by atoms with Gasteiger partial charge in [-0.15, -0.1) is 6.58 Å². The zero-order valence-electron chi connectivity index (χ0n) is 30.1. The number of para-hydroxylation sites is 3. The van der Waals surface area contributed by atoms with E-state index in [-0.39, 0.29) is 41.2 Å². The van der Waals surface area contributed by atoms with Gasteiger partial charge in [0, 0.05) is 36.5 Å². The summed E-state index contributed by atoms with van der Waals surface area (Å²) in [6.07, 6.45) is 4.82. The van der Waals surface area contributed by atoms with Gasteiger partial charge >= 0.3 is 0 Å². The lowest BCUT2D eigenvalue weighted by molar-refractivity contribution is 0.0760. The van der Waals surface area contributed by atoms with Gasteiger partial charge < -0.3 is 19.8 Å². The molecule has 0 radical (unpaired) electrons. The predicted octanol–water partition coefficient (Wildman–Crippen LogP) is 8.91. The highest BCUT2D eigenvalue weighted by Gasteiger charge is 2.32. The van der Waals surface area contributed by atoms with Crippen molar-refractivity contribution in [3.63, 3.8) is 0 Å². The SMILES string of the molecule is C=CCn1c(C(=O)c2cccc3[nH]c(C(=O)C4CCN(C(CC)CC(CNC(=O)c5ccccc5)c5ccc(Cl)c(Cl)c5)CC4)nc23)nc2ccccc21. The van der Waals surface area contributed by atoms with Gasteiger partial charge in [0.1, 0.15) is 5.52 Å². The number of aromatic nitrogens is 4. The zero-order chi connectivity index (χ0) is 37.8. The van der Waals surface area contributed by atoms with Crippen molar-refractivity contribution in [3.05, 3.63) is 142 Å². The highest BCUT2D eigenvalue weighted by molar-refractivity contribution is 6.42. The molecule has 1 saturated heterocycles. The van der Waals surface area contributed by atoms with Crippen molar-refractivity contribution < 1.29 is 14.4 Å². The van der Waals surface area contributed by atoms with Gasteiger partial charge in [-0.25, -0.2) is 9.97 Å². The molecule has 1 fully saturated rings. The van der Waals surface area contributed by atoms with Crippen LogP contribution in [0.15, 0.2) is 104 Å². The van der Waals surface area contributed by atoms with Crippen LogP contribution in [0.4, 0.5) is 0 Å². The fourth-order valence-corrected chi connectivity index (χ4v) is 7.96. The Morgan fingerprint density at radius 1 is 0.944 bits per heavy atom. The number of piperidine rings is 1. The number of rotatable bonds is 14. The summed E-state index contributed by atoms with van der Waals surface area (Å²) >= 11 is 12.7. The summed E-state index contributed by atoms with van der Waals surface area (Å²) in [5, 5.41) is 4.10. The zero-order valence-corrected chi connectivity index (χ0v) is 31.6. The Kier molecular flexibility index (Phi) is 11.4. The molecule has 276 valence electrons. The predicted molar refractivity (Wildman–Crippen MR) is 215 cm³/mol. The molecule has 0 saturated carbocycles. The van der Waals surface area contributed by atoms with Crippen LogP contribution in [-0.4, -0.2) is 67.6 Å². The Labute approximate surface area is 324 Å². The fourth-order valence-electron chi connectivity index (χ4n) is 7.65. The Bertz CT molecular complexity index is 2330. The summed E-state index contributed by atoms with van der Waals surface area (Å²) in [5.41, 5.74) is 4.68. The first-order valence-electron chi connectivity index (χ1n) is 18.4. The second-order valence-electron chi connectivity index (χ2n) is 13.9. The van der Waals surface area contributed by atoms with E-state index in [9.17, 15) is 14.4 Å². The number of nitrogens with one attached hydrogen (secondary N) is 2. The number of Topliss-reactive ketones (excluding diaryl/α,β-unsaturated/α-hetero) is 1. The maximum atomic E-state index is 14.0. The maximum absolute atomic E-state index is 14.0. The third-order valence-electron chi connectivity index (χ3n) is 10.6. The fraction of sp³-hybridized carbons (Fsp3) is 0.279. The molecule has 2 unspecified atom stereocenters. The van der Waals surface area contributed by atoms with E-state index in [0.717, 1.165) is 42.5 Å². The Hall–Kier alpha value is -5.09. The molecule has 1 aliphatic rings. The number of carbonyl (C=O) groups excluding carboxylic acids is 3. The minimum absolute atomic E-state index is 0.00241. The van der Waals surface area contributed by atoms with E-state index in [1.807, 2.05) is 65.2 Å². The van der Waals surface area contributed by atoms with Crippen molar-refractivity contribution in [2.75, 3.05) is 19.6 Å². The molecule has 11 heteroatoms. The van der Waals surface area contributed by atoms with Gasteiger partial charge in [-0.2, -0.15) is 0 Å². The summed E-state index contributed by atoms with van der Waals surface area (Å²) < 4.78 is 1.85. The lowest BCUT2D eigenvalue weighted by Gasteiger charge is -2.38. The van der Waals surface area contributed by atoms with Crippen molar-refractivity contribution in [3.8, 4) is 0 Å². The van der Waals surface area contributed by atoms with E-state index >= 15 is 0 Å². The van der Waals surface area contributed by atoms with Crippen LogP contribution in [0.25, 0.3) is 22.1 Å². The van der Waals surface area contributed by atoms with Gasteiger partial charge in [0.15, 0.2) is 11.6 Å². The number of aromatic amines is 1. The van der Waals surface area contributed by atoms with E-state index in [2.05, 4.69) is 33.7 Å². The lowest BCUT2D eigenvalue weighted by atomic mass is 9.87. The molecule has 2 atom stereocenters. The van der Waals surface area contributed by atoms with Crippen LogP contribution in [0.3, 0.4) is 0 Å². The molecule has 54 heavy (non-hydrogen) atoms. The van der Waals surface area contributed by atoms with Crippen LogP contribution in [0.1, 0.15) is 81.2 Å². The van der Waals surface area contributed by atoms with E-state index < -0.39 is 0 Å². The van der Waals surface area contributed by atoms with Crippen LogP contribution in [0.2, 0.25) is 10.0 Å². The third-order valence-corrected chi connectivity index (χ3v) is 11.3. The van der Waals surface area contributed by atoms with E-state index in [1.54, 1.807) is 36.4 Å². The van der Waals surface area contributed by atoms with Gasteiger partial charge in [-0.3, -0.25) is 14.4 Å². The molecule has 6 aromatic rings. The van der Waals surface area contributed by atoms with Crippen LogP contribution in [-0.2, 0) is 6.54 Å². The normalized spacial score (nSPS) is 14.9. The number of amides is 1. The number of ketones is 2. The number of hydrogen-bond acceptors (Lipinski definition) is 6. The Balaban J connectivity index is 1.04. The van der Waals surface area contributed by atoms with Gasteiger partial charge in [-0.05, 0) is 92.9 Å². The molecule has 3 heterocycles. The summed E-state index contributed by atoms with van der Waals surface area (Å²) in [6.45, 7) is 8.42. The quantitative estimate of drug-likeness (QED) is 0.0847. The van der Waals surface area contributed by atoms with Gasteiger partial charge in [0.25, 0.3) is 5.91 Å². The number of benzene rings is 4. The van der Waals surface area contributed by atoms with Gasteiger partial charge in [-0.1, -0.05) is 78.7 Å². The molecule has 9 nitrogen and oxygen atoms in total. The number of allylic oxidation sites excluding steroid dienone is 1. The van der Waals surface area contributed by atoms with Crippen LogP contribution >= 0.6 is 23.2 Å². The smallest absolute Gasteiger partial charge is 0.251 e. The largest absolute Gasteiger partial charge is 0.351 e. The summed E-state index contributed by atoms with van der Waals surface area (Å²) in [6, 6.07) is 28.1. The lowest BCUT2D eigenvalue weighted by Crippen LogP contribution is -2.44. The molecule has 1 amide bonds. The molecule has 0 bridgehead atoms. The number of H-pyrrole nitrogens is 1. The van der Waals surface area contributed by atoms with E-state index in [0.29, 0.717) is 64.0 Å². The van der Waals surface area contributed by atoms with Crippen molar-refractivity contribution >= 4 is 62.7 Å². The number of carbonyl (C=O) groups is 3. The molecule has 4 aromatic carbocycles. The third kappa shape index (κ3) is 7.76. The molecule has 7 rings (SSSR count). The first-order valence-corrected chi connectivity index (χ1v) is 19.2. The second kappa shape index (κ2) is 16.5. The first-order chi connectivity index (χ1) is 26.2. The van der Waals surface area contributed by atoms with Crippen molar-refractivity contribution in [2.45, 2.75) is 51.1 Å². The minimum Gasteiger partial charge on any atom is -0.351 e. The minimum atomic E-state index is -0.262. The van der Waals surface area contributed by atoms with Crippen molar-refractivity contribution in [1.82, 2.24) is 29.7 Å². The van der Waals surface area contributed by atoms with Crippen molar-refractivity contribution in [2.24, 2.45) is 5.92 Å². The molecule has 1 aliphatic heterocycles. The Morgan fingerprint density at radius 3 is 2.44 bits per heavy atom.